The second-order valence-corrected chi connectivity index (χ2v) is 5.23. The molecule has 0 saturated heterocycles. The minimum absolute atomic E-state index is 0.0430. The van der Waals surface area contributed by atoms with Crippen LogP contribution in [0.15, 0.2) is 17.2 Å². The zero-order chi connectivity index (χ0) is 11.7. The highest BCUT2D eigenvalue weighted by Crippen LogP contribution is 2.34. The summed E-state index contributed by atoms with van der Waals surface area (Å²) in [6, 6.07) is 0.428. The van der Waals surface area contributed by atoms with Crippen molar-refractivity contribution in [1.29, 1.82) is 0 Å². The van der Waals surface area contributed by atoms with Crippen LogP contribution in [0.25, 0.3) is 0 Å². The maximum absolute atomic E-state index is 12.0. The van der Waals surface area contributed by atoms with Gasteiger partial charge in [0.25, 0.3) is 5.56 Å². The average Bonchev–Trinajstić information content (AvgIpc) is 3.18. The zero-order valence-corrected chi connectivity index (χ0v) is 10.1. The lowest BCUT2D eigenvalue weighted by molar-refractivity contribution is 0.678. The smallest absolute Gasteiger partial charge is 0.293 e. The van der Waals surface area contributed by atoms with Gasteiger partial charge >= 0.3 is 0 Å². The fourth-order valence-corrected chi connectivity index (χ4v) is 2.19. The Morgan fingerprint density at radius 1 is 1.35 bits per heavy atom. The van der Waals surface area contributed by atoms with Crippen LogP contribution in [0.1, 0.15) is 44.6 Å². The van der Waals surface area contributed by atoms with Crippen molar-refractivity contribution in [3.8, 4) is 0 Å². The topological polar surface area (TPSA) is 46.9 Å². The van der Waals surface area contributed by atoms with E-state index in [2.05, 4.69) is 10.3 Å². The first-order valence-corrected chi connectivity index (χ1v) is 6.65. The molecule has 17 heavy (non-hydrogen) atoms. The number of anilines is 1. The van der Waals surface area contributed by atoms with Gasteiger partial charge in [-0.25, -0.2) is 4.98 Å². The Labute approximate surface area is 101 Å². The summed E-state index contributed by atoms with van der Waals surface area (Å²) in [6.45, 7) is 0.868. The van der Waals surface area contributed by atoms with Crippen LogP contribution in [0, 0.1) is 5.92 Å². The first-order chi connectivity index (χ1) is 8.34. The molecule has 0 aliphatic heterocycles. The van der Waals surface area contributed by atoms with Crippen molar-refractivity contribution in [2.75, 3.05) is 11.9 Å². The summed E-state index contributed by atoms with van der Waals surface area (Å²) >= 11 is 0. The molecular formula is C13H19N3O. The Morgan fingerprint density at radius 2 is 2.18 bits per heavy atom. The van der Waals surface area contributed by atoms with Gasteiger partial charge in [-0.1, -0.05) is 12.8 Å². The van der Waals surface area contributed by atoms with Crippen molar-refractivity contribution in [1.82, 2.24) is 9.55 Å². The minimum Gasteiger partial charge on any atom is -0.365 e. The van der Waals surface area contributed by atoms with E-state index in [1.54, 1.807) is 12.4 Å². The molecule has 0 aromatic carbocycles. The van der Waals surface area contributed by atoms with Gasteiger partial charge in [-0.05, 0) is 31.6 Å². The lowest BCUT2D eigenvalue weighted by Crippen LogP contribution is -2.24. The van der Waals surface area contributed by atoms with Crippen molar-refractivity contribution in [3.05, 3.63) is 22.7 Å². The molecule has 0 bridgehead atoms. The summed E-state index contributed by atoms with van der Waals surface area (Å²) in [6.07, 6.45) is 11.0. The van der Waals surface area contributed by atoms with Gasteiger partial charge in [0, 0.05) is 25.0 Å². The Kier molecular flexibility index (Phi) is 2.87. The van der Waals surface area contributed by atoms with Gasteiger partial charge in [-0.2, -0.15) is 0 Å². The molecule has 1 N–H and O–H groups in total. The SMILES string of the molecule is O=c1c(NCCCC2CC2)nccn1C1CC1. The number of hydrogen-bond acceptors (Lipinski definition) is 3. The fourth-order valence-electron chi connectivity index (χ4n) is 2.19. The number of nitrogens with one attached hydrogen (secondary N) is 1. The predicted molar refractivity (Wildman–Crippen MR) is 67.2 cm³/mol. The molecule has 4 heteroatoms. The van der Waals surface area contributed by atoms with Crippen molar-refractivity contribution in [2.45, 2.75) is 44.6 Å². The predicted octanol–water partition coefficient (Wildman–Crippen LogP) is 2.18. The number of nitrogens with zero attached hydrogens (tertiary/aromatic N) is 2. The van der Waals surface area contributed by atoms with E-state index in [4.69, 9.17) is 0 Å². The van der Waals surface area contributed by atoms with Crippen molar-refractivity contribution in [3.63, 3.8) is 0 Å². The maximum atomic E-state index is 12.0. The lowest BCUT2D eigenvalue weighted by Gasteiger charge is -2.07. The van der Waals surface area contributed by atoms with Crippen molar-refractivity contribution in [2.24, 2.45) is 5.92 Å². The van der Waals surface area contributed by atoms with E-state index in [0.29, 0.717) is 11.9 Å². The largest absolute Gasteiger partial charge is 0.365 e. The average molecular weight is 233 g/mol. The Balaban J connectivity index is 1.57. The van der Waals surface area contributed by atoms with E-state index in [-0.39, 0.29) is 5.56 Å². The van der Waals surface area contributed by atoms with Gasteiger partial charge in [0.2, 0.25) is 0 Å². The lowest BCUT2D eigenvalue weighted by atomic mass is 10.2. The molecule has 2 fully saturated rings. The molecule has 0 spiro atoms. The Hall–Kier alpha value is -1.32. The number of hydrogen-bond donors (Lipinski definition) is 1. The molecule has 2 aliphatic carbocycles. The van der Waals surface area contributed by atoms with Crippen LogP contribution < -0.4 is 10.9 Å². The monoisotopic (exact) mass is 233 g/mol. The first-order valence-electron chi connectivity index (χ1n) is 6.65. The second kappa shape index (κ2) is 4.51. The summed E-state index contributed by atoms with van der Waals surface area (Å²) < 4.78 is 1.82. The van der Waals surface area contributed by atoms with Gasteiger partial charge in [0.15, 0.2) is 5.82 Å². The van der Waals surface area contributed by atoms with Crippen LogP contribution in [0.4, 0.5) is 5.82 Å². The van der Waals surface area contributed by atoms with Gasteiger partial charge in [-0.15, -0.1) is 0 Å². The summed E-state index contributed by atoms with van der Waals surface area (Å²) in [5, 5.41) is 3.17. The molecular weight excluding hydrogens is 214 g/mol. The normalized spacial score (nSPS) is 19.3. The fraction of sp³-hybridized carbons (Fsp3) is 0.692. The van der Waals surface area contributed by atoms with E-state index in [1.165, 1.54) is 19.3 Å². The molecule has 0 unspecified atom stereocenters. The second-order valence-electron chi connectivity index (χ2n) is 5.23. The van der Waals surface area contributed by atoms with Crippen LogP contribution in [0.2, 0.25) is 0 Å². The van der Waals surface area contributed by atoms with Crippen LogP contribution in [0.5, 0.6) is 0 Å². The van der Waals surface area contributed by atoms with Crippen LogP contribution >= 0.6 is 0 Å². The van der Waals surface area contributed by atoms with E-state index in [1.807, 2.05) is 4.57 Å². The van der Waals surface area contributed by atoms with Crippen LogP contribution in [-0.2, 0) is 0 Å². The van der Waals surface area contributed by atoms with Crippen molar-refractivity contribution < 1.29 is 0 Å². The van der Waals surface area contributed by atoms with E-state index in [0.717, 1.165) is 31.7 Å². The van der Waals surface area contributed by atoms with Gasteiger partial charge in [0.1, 0.15) is 0 Å². The maximum Gasteiger partial charge on any atom is 0.293 e. The third-order valence-corrected chi connectivity index (χ3v) is 3.59. The molecule has 3 rings (SSSR count). The molecule has 2 aliphatic rings. The molecule has 0 amide bonds. The molecule has 0 atom stereocenters. The molecule has 4 nitrogen and oxygen atoms in total. The third kappa shape index (κ3) is 2.68. The van der Waals surface area contributed by atoms with Crippen molar-refractivity contribution >= 4 is 5.82 Å². The molecule has 92 valence electrons. The van der Waals surface area contributed by atoms with E-state index in [9.17, 15) is 4.79 Å². The Bertz CT molecular complexity index is 446. The summed E-state index contributed by atoms with van der Waals surface area (Å²) in [4.78, 5) is 16.2. The highest BCUT2D eigenvalue weighted by molar-refractivity contribution is 5.31. The summed E-state index contributed by atoms with van der Waals surface area (Å²) in [5.74, 6) is 1.49. The summed E-state index contributed by atoms with van der Waals surface area (Å²) in [7, 11) is 0. The van der Waals surface area contributed by atoms with E-state index >= 15 is 0 Å². The molecule has 1 aromatic rings. The molecule has 2 saturated carbocycles. The first kappa shape index (κ1) is 10.8. The van der Waals surface area contributed by atoms with Gasteiger partial charge in [0.05, 0.1) is 0 Å². The molecule has 1 aromatic heterocycles. The minimum atomic E-state index is 0.0430. The third-order valence-electron chi connectivity index (χ3n) is 3.59. The number of aromatic nitrogens is 2. The highest BCUT2D eigenvalue weighted by atomic mass is 16.1. The zero-order valence-electron chi connectivity index (χ0n) is 10.1. The van der Waals surface area contributed by atoms with Crippen LogP contribution in [-0.4, -0.2) is 16.1 Å². The Morgan fingerprint density at radius 3 is 2.88 bits per heavy atom. The summed E-state index contributed by atoms with van der Waals surface area (Å²) in [5.41, 5.74) is 0.0430. The number of rotatable bonds is 6. The van der Waals surface area contributed by atoms with Gasteiger partial charge < -0.3 is 9.88 Å². The quantitative estimate of drug-likeness (QED) is 0.766. The molecule has 0 radical (unpaired) electrons. The van der Waals surface area contributed by atoms with Gasteiger partial charge in [-0.3, -0.25) is 4.79 Å². The highest BCUT2D eigenvalue weighted by Gasteiger charge is 2.25. The van der Waals surface area contributed by atoms with Crippen LogP contribution in [0.3, 0.4) is 0 Å². The standard InChI is InChI=1S/C13H19N3O/c17-13-12(14-7-1-2-10-3-4-10)15-8-9-16(13)11-5-6-11/h8-11H,1-7H2,(H,14,15). The molecule has 1 heterocycles. The van der Waals surface area contributed by atoms with E-state index < -0.39 is 0 Å².